The fourth-order valence-electron chi connectivity index (χ4n) is 4.33. The van der Waals surface area contributed by atoms with Gasteiger partial charge in [-0.2, -0.15) is 0 Å². The van der Waals surface area contributed by atoms with Crippen LogP contribution in [0.3, 0.4) is 0 Å². The summed E-state index contributed by atoms with van der Waals surface area (Å²) in [4.78, 5) is 37.8. The third-order valence-corrected chi connectivity index (χ3v) is 5.91. The molecule has 4 rings (SSSR count). The van der Waals surface area contributed by atoms with E-state index in [2.05, 4.69) is 10.6 Å². The topological polar surface area (TPSA) is 84.5 Å². The molecular formula is C24H26N2O4. The number of hydrogen-bond acceptors (Lipinski definition) is 4. The summed E-state index contributed by atoms with van der Waals surface area (Å²) < 4.78 is 5.73. The van der Waals surface area contributed by atoms with Crippen LogP contribution in [-0.4, -0.2) is 23.6 Å². The molecule has 156 valence electrons. The van der Waals surface area contributed by atoms with Gasteiger partial charge in [-0.25, -0.2) is 0 Å². The Morgan fingerprint density at radius 3 is 2.23 bits per heavy atom. The number of carbonyl (C=O) groups is 3. The first-order valence-corrected chi connectivity index (χ1v) is 10.6. The molecule has 2 N–H and O–H groups in total. The van der Waals surface area contributed by atoms with Crippen LogP contribution in [-0.2, 0) is 14.4 Å². The molecule has 2 aliphatic rings. The largest absolute Gasteiger partial charge is 0.457 e. The molecule has 2 unspecified atom stereocenters. The first-order chi connectivity index (χ1) is 14.6. The monoisotopic (exact) mass is 406 g/mol. The second kappa shape index (κ2) is 9.11. The molecule has 30 heavy (non-hydrogen) atoms. The normalized spacial score (nSPS) is 22.3. The average molecular weight is 406 g/mol. The van der Waals surface area contributed by atoms with E-state index in [4.69, 9.17) is 4.74 Å². The predicted octanol–water partition coefficient (Wildman–Crippen LogP) is 4.07. The minimum absolute atomic E-state index is 0.135. The SMILES string of the molecule is O=C1CC(C2CCCCC2)NC(=O)C1C(=O)Nc1ccc(Oc2ccccc2)cc1. The number of hydrogen-bond donors (Lipinski definition) is 2. The van der Waals surface area contributed by atoms with E-state index in [-0.39, 0.29) is 18.2 Å². The molecule has 2 aromatic carbocycles. The molecule has 2 fully saturated rings. The molecule has 0 spiro atoms. The molecule has 2 atom stereocenters. The van der Waals surface area contributed by atoms with Crippen molar-refractivity contribution in [3.05, 3.63) is 54.6 Å². The van der Waals surface area contributed by atoms with E-state index in [9.17, 15) is 14.4 Å². The highest BCUT2D eigenvalue weighted by Crippen LogP contribution is 2.30. The standard InChI is InChI=1S/C24H26N2O4/c27-21-15-20(16-7-3-1-4-8-16)26-24(29)22(21)23(28)25-17-11-13-19(14-12-17)30-18-9-5-2-6-10-18/h2,5-6,9-14,16,20,22H,1,3-4,7-8,15H2,(H,25,28)(H,26,29). The number of anilines is 1. The van der Waals surface area contributed by atoms with Crippen LogP contribution in [0, 0.1) is 11.8 Å². The minimum Gasteiger partial charge on any atom is -0.457 e. The van der Waals surface area contributed by atoms with E-state index in [1.165, 1.54) is 6.42 Å². The van der Waals surface area contributed by atoms with Crippen molar-refractivity contribution in [2.75, 3.05) is 5.32 Å². The lowest BCUT2D eigenvalue weighted by Crippen LogP contribution is -2.55. The van der Waals surface area contributed by atoms with Gasteiger partial charge in [0.2, 0.25) is 11.8 Å². The third kappa shape index (κ3) is 4.70. The average Bonchev–Trinajstić information content (AvgIpc) is 2.76. The van der Waals surface area contributed by atoms with E-state index in [0.717, 1.165) is 25.7 Å². The Labute approximate surface area is 176 Å². The lowest BCUT2D eigenvalue weighted by atomic mass is 9.78. The van der Waals surface area contributed by atoms with E-state index in [0.29, 0.717) is 23.1 Å². The molecule has 6 nitrogen and oxygen atoms in total. The first-order valence-electron chi connectivity index (χ1n) is 10.6. The van der Waals surface area contributed by atoms with Crippen LogP contribution in [0.25, 0.3) is 0 Å². The van der Waals surface area contributed by atoms with Crippen molar-refractivity contribution in [2.45, 2.75) is 44.6 Å². The summed E-state index contributed by atoms with van der Waals surface area (Å²) in [5.74, 6) is -0.972. The highest BCUT2D eigenvalue weighted by atomic mass is 16.5. The zero-order valence-electron chi connectivity index (χ0n) is 16.8. The van der Waals surface area contributed by atoms with Crippen molar-refractivity contribution in [2.24, 2.45) is 11.8 Å². The van der Waals surface area contributed by atoms with Gasteiger partial charge in [0.1, 0.15) is 11.5 Å². The highest BCUT2D eigenvalue weighted by Gasteiger charge is 2.42. The quantitative estimate of drug-likeness (QED) is 0.733. The van der Waals surface area contributed by atoms with Crippen LogP contribution in [0.4, 0.5) is 5.69 Å². The van der Waals surface area contributed by atoms with Gasteiger partial charge in [0.25, 0.3) is 0 Å². The van der Waals surface area contributed by atoms with Gasteiger partial charge in [-0.15, -0.1) is 0 Å². The number of nitrogens with one attached hydrogen (secondary N) is 2. The zero-order valence-corrected chi connectivity index (χ0v) is 16.8. The molecule has 2 amide bonds. The number of ether oxygens (including phenoxy) is 1. The maximum Gasteiger partial charge on any atom is 0.244 e. The number of Topliss-reactive ketones (excluding diaryl/α,β-unsaturated/α-hetero) is 1. The fraction of sp³-hybridized carbons (Fsp3) is 0.375. The molecule has 2 aromatic rings. The van der Waals surface area contributed by atoms with E-state index in [1.807, 2.05) is 30.3 Å². The third-order valence-electron chi connectivity index (χ3n) is 5.91. The lowest BCUT2D eigenvalue weighted by molar-refractivity contribution is -0.143. The van der Waals surface area contributed by atoms with Gasteiger partial charge in [-0.05, 0) is 55.2 Å². The Morgan fingerprint density at radius 1 is 0.900 bits per heavy atom. The van der Waals surface area contributed by atoms with Gasteiger partial charge in [0.15, 0.2) is 11.7 Å². The predicted molar refractivity (Wildman–Crippen MR) is 113 cm³/mol. The second-order valence-corrected chi connectivity index (χ2v) is 8.05. The van der Waals surface area contributed by atoms with Crippen molar-refractivity contribution in [1.82, 2.24) is 5.32 Å². The molecule has 1 saturated heterocycles. The van der Waals surface area contributed by atoms with E-state index in [1.54, 1.807) is 24.3 Å². The van der Waals surface area contributed by atoms with Crippen molar-refractivity contribution >= 4 is 23.3 Å². The molecule has 1 aliphatic heterocycles. The highest BCUT2D eigenvalue weighted by molar-refractivity contribution is 6.22. The maximum absolute atomic E-state index is 12.6. The zero-order chi connectivity index (χ0) is 20.9. The molecule has 1 heterocycles. The summed E-state index contributed by atoms with van der Waals surface area (Å²) in [6, 6.07) is 16.1. The summed E-state index contributed by atoms with van der Waals surface area (Å²) in [5.41, 5.74) is 0.510. The number of amides is 2. The van der Waals surface area contributed by atoms with Crippen LogP contribution in [0.2, 0.25) is 0 Å². The number of rotatable bonds is 5. The van der Waals surface area contributed by atoms with Gasteiger partial charge < -0.3 is 15.4 Å². The van der Waals surface area contributed by atoms with Crippen LogP contribution in [0.15, 0.2) is 54.6 Å². The van der Waals surface area contributed by atoms with Crippen LogP contribution < -0.4 is 15.4 Å². The maximum atomic E-state index is 12.6. The molecule has 6 heteroatoms. The lowest BCUT2D eigenvalue weighted by Gasteiger charge is -2.35. The number of carbonyl (C=O) groups excluding carboxylic acids is 3. The number of ketones is 1. The van der Waals surface area contributed by atoms with Gasteiger partial charge in [-0.3, -0.25) is 14.4 Å². The van der Waals surface area contributed by atoms with Crippen LogP contribution >= 0.6 is 0 Å². The number of piperidine rings is 1. The summed E-state index contributed by atoms with van der Waals surface area (Å²) in [6.45, 7) is 0. The molecular weight excluding hydrogens is 380 g/mol. The van der Waals surface area contributed by atoms with Crippen LogP contribution in [0.1, 0.15) is 38.5 Å². The first kappa shape index (κ1) is 20.1. The Kier molecular flexibility index (Phi) is 6.12. The molecule has 1 aliphatic carbocycles. The summed E-state index contributed by atoms with van der Waals surface area (Å²) in [5, 5.41) is 5.61. The van der Waals surface area contributed by atoms with E-state index < -0.39 is 17.7 Å². The number of para-hydroxylation sites is 1. The number of benzene rings is 2. The van der Waals surface area contributed by atoms with Gasteiger partial charge in [-0.1, -0.05) is 37.5 Å². The Morgan fingerprint density at radius 2 is 1.57 bits per heavy atom. The van der Waals surface area contributed by atoms with Gasteiger partial charge >= 0.3 is 0 Å². The molecule has 1 saturated carbocycles. The summed E-state index contributed by atoms with van der Waals surface area (Å²) in [7, 11) is 0. The minimum atomic E-state index is -1.29. The fourth-order valence-corrected chi connectivity index (χ4v) is 4.33. The Bertz CT molecular complexity index is 887. The second-order valence-electron chi connectivity index (χ2n) is 8.05. The summed E-state index contributed by atoms with van der Waals surface area (Å²) >= 11 is 0. The van der Waals surface area contributed by atoms with Crippen molar-refractivity contribution in [3.63, 3.8) is 0 Å². The van der Waals surface area contributed by atoms with Gasteiger partial charge in [0.05, 0.1) is 0 Å². The van der Waals surface area contributed by atoms with Crippen molar-refractivity contribution < 1.29 is 19.1 Å². The van der Waals surface area contributed by atoms with Crippen LogP contribution in [0.5, 0.6) is 11.5 Å². The van der Waals surface area contributed by atoms with Crippen molar-refractivity contribution in [1.29, 1.82) is 0 Å². The molecule has 0 radical (unpaired) electrons. The smallest absolute Gasteiger partial charge is 0.244 e. The Balaban J connectivity index is 1.35. The van der Waals surface area contributed by atoms with E-state index >= 15 is 0 Å². The summed E-state index contributed by atoms with van der Waals surface area (Å²) in [6.07, 6.45) is 5.79. The van der Waals surface area contributed by atoms with Gasteiger partial charge in [0, 0.05) is 18.2 Å². The molecule has 0 bridgehead atoms. The Hall–Kier alpha value is -3.15. The molecule has 0 aromatic heterocycles. The van der Waals surface area contributed by atoms with Crippen molar-refractivity contribution in [3.8, 4) is 11.5 Å².